The minimum atomic E-state index is -0.421. The Morgan fingerprint density at radius 3 is 2.61 bits per heavy atom. The normalized spacial score (nSPS) is 9.83. The van der Waals surface area contributed by atoms with Gasteiger partial charge in [0.05, 0.1) is 25.1 Å². The van der Waals surface area contributed by atoms with Crippen LogP contribution in [0, 0.1) is 0 Å². The van der Waals surface area contributed by atoms with E-state index in [1.54, 1.807) is 24.3 Å². The second kappa shape index (κ2) is 5.13. The summed E-state index contributed by atoms with van der Waals surface area (Å²) in [5.74, 6) is 0.237. The number of ether oxygens (including phenoxy) is 2. The Hall–Kier alpha value is -2.63. The van der Waals surface area contributed by atoms with Crippen LogP contribution in [-0.2, 0) is 4.74 Å². The Morgan fingerprint density at radius 2 is 2.00 bits per heavy atom. The molecular weight excluding hydrogens is 236 g/mol. The Bertz CT molecular complexity index is 604. The van der Waals surface area contributed by atoms with Gasteiger partial charge in [0.15, 0.2) is 0 Å². The maximum atomic E-state index is 11.2. The van der Waals surface area contributed by atoms with Crippen LogP contribution >= 0.6 is 0 Å². The lowest BCUT2D eigenvalue weighted by molar-refractivity contribution is 0.0600. The molecule has 6 heteroatoms. The summed E-state index contributed by atoms with van der Waals surface area (Å²) in [6.45, 7) is 0. The number of rotatable bonds is 3. The highest BCUT2D eigenvalue weighted by Crippen LogP contribution is 2.18. The van der Waals surface area contributed by atoms with E-state index in [2.05, 4.69) is 14.7 Å². The molecule has 0 atom stereocenters. The van der Waals surface area contributed by atoms with Crippen molar-refractivity contribution in [1.82, 2.24) is 9.97 Å². The van der Waals surface area contributed by atoms with Gasteiger partial charge in [0.2, 0.25) is 5.88 Å². The molecule has 6 nitrogen and oxygen atoms in total. The molecule has 0 bridgehead atoms. The number of methoxy groups -OCH3 is 1. The van der Waals surface area contributed by atoms with E-state index in [0.717, 1.165) is 0 Å². The zero-order valence-electron chi connectivity index (χ0n) is 9.54. The van der Waals surface area contributed by atoms with Gasteiger partial charge in [-0.05, 0) is 24.3 Å². The third kappa shape index (κ3) is 2.73. The molecule has 0 spiro atoms. The van der Waals surface area contributed by atoms with Crippen LogP contribution in [0.3, 0.4) is 0 Å². The lowest BCUT2D eigenvalue weighted by Crippen LogP contribution is -2.04. The van der Waals surface area contributed by atoms with Gasteiger partial charge in [-0.1, -0.05) is 0 Å². The summed E-state index contributed by atoms with van der Waals surface area (Å²) in [6, 6.07) is 7.54. The fourth-order valence-electron chi connectivity index (χ4n) is 1.30. The van der Waals surface area contributed by atoms with Gasteiger partial charge in [0.1, 0.15) is 5.75 Å². The molecule has 92 valence electrons. The Morgan fingerprint density at radius 1 is 1.28 bits per heavy atom. The van der Waals surface area contributed by atoms with Gasteiger partial charge < -0.3 is 14.5 Å². The molecule has 1 aromatic heterocycles. The number of hydrogen-bond donors (Lipinski definition) is 1. The van der Waals surface area contributed by atoms with Gasteiger partial charge in [-0.3, -0.25) is 4.79 Å². The Kier molecular flexibility index (Phi) is 3.38. The maximum absolute atomic E-state index is 11.2. The van der Waals surface area contributed by atoms with E-state index < -0.39 is 5.97 Å². The van der Waals surface area contributed by atoms with Crippen LogP contribution in [0.1, 0.15) is 10.4 Å². The Balaban J connectivity index is 2.16. The standard InChI is InChI=1S/C12H10N2O4/c1-17-12(16)8-2-4-9(5-3-8)18-11-6-10(15)13-7-14-11/h2-7H,1H3,(H,13,14,15). The largest absolute Gasteiger partial charge is 0.465 e. The summed E-state index contributed by atoms with van der Waals surface area (Å²) in [7, 11) is 1.31. The molecule has 1 aromatic carbocycles. The number of carbonyl (C=O) groups is 1. The zero-order valence-corrected chi connectivity index (χ0v) is 9.54. The number of carbonyl (C=O) groups excluding carboxylic acids is 1. The summed E-state index contributed by atoms with van der Waals surface area (Å²) in [4.78, 5) is 28.5. The zero-order chi connectivity index (χ0) is 13.0. The van der Waals surface area contributed by atoms with Gasteiger partial charge in [-0.15, -0.1) is 0 Å². The average Bonchev–Trinajstić information content (AvgIpc) is 2.39. The molecule has 0 aliphatic carbocycles. The smallest absolute Gasteiger partial charge is 0.337 e. The lowest BCUT2D eigenvalue weighted by Gasteiger charge is -2.04. The van der Waals surface area contributed by atoms with Gasteiger partial charge in [0.25, 0.3) is 5.56 Å². The number of benzene rings is 1. The van der Waals surface area contributed by atoms with Crippen molar-refractivity contribution in [3.05, 3.63) is 52.6 Å². The second-order valence-electron chi connectivity index (χ2n) is 3.37. The maximum Gasteiger partial charge on any atom is 0.337 e. The molecule has 0 amide bonds. The first-order valence-corrected chi connectivity index (χ1v) is 5.10. The van der Waals surface area contributed by atoms with E-state index in [0.29, 0.717) is 11.3 Å². The van der Waals surface area contributed by atoms with Crippen molar-refractivity contribution >= 4 is 5.97 Å². The van der Waals surface area contributed by atoms with Crippen LogP contribution in [0.15, 0.2) is 41.5 Å². The minimum absolute atomic E-state index is 0.185. The molecule has 2 rings (SSSR count). The molecular formula is C12H10N2O4. The molecule has 0 saturated carbocycles. The molecule has 0 aliphatic heterocycles. The van der Waals surface area contributed by atoms with Crippen molar-refractivity contribution in [1.29, 1.82) is 0 Å². The fraction of sp³-hybridized carbons (Fsp3) is 0.0833. The predicted octanol–water partition coefficient (Wildman–Crippen LogP) is 1.35. The molecule has 18 heavy (non-hydrogen) atoms. The van der Waals surface area contributed by atoms with Crippen molar-refractivity contribution in [2.75, 3.05) is 7.11 Å². The molecule has 0 saturated heterocycles. The first-order chi connectivity index (χ1) is 8.69. The van der Waals surface area contributed by atoms with Gasteiger partial charge in [-0.2, -0.15) is 0 Å². The van der Waals surface area contributed by atoms with Crippen LogP contribution < -0.4 is 10.3 Å². The van der Waals surface area contributed by atoms with Gasteiger partial charge in [-0.25, -0.2) is 9.78 Å². The molecule has 0 radical (unpaired) electrons. The summed E-state index contributed by atoms with van der Waals surface area (Å²) in [6.07, 6.45) is 1.25. The number of hydrogen-bond acceptors (Lipinski definition) is 5. The highest BCUT2D eigenvalue weighted by atomic mass is 16.5. The molecule has 2 aromatic rings. The average molecular weight is 246 g/mol. The van der Waals surface area contributed by atoms with Crippen LogP contribution in [0.25, 0.3) is 0 Å². The van der Waals surface area contributed by atoms with E-state index in [9.17, 15) is 9.59 Å². The monoisotopic (exact) mass is 246 g/mol. The first kappa shape index (κ1) is 11.8. The highest BCUT2D eigenvalue weighted by molar-refractivity contribution is 5.89. The van der Waals surface area contributed by atoms with E-state index in [1.165, 1.54) is 19.5 Å². The number of nitrogens with zero attached hydrogens (tertiary/aromatic N) is 1. The van der Waals surface area contributed by atoms with E-state index in [1.807, 2.05) is 0 Å². The number of aromatic nitrogens is 2. The topological polar surface area (TPSA) is 81.3 Å². The van der Waals surface area contributed by atoms with Crippen molar-refractivity contribution < 1.29 is 14.3 Å². The molecule has 0 unspecified atom stereocenters. The van der Waals surface area contributed by atoms with Gasteiger partial charge >= 0.3 is 5.97 Å². The molecule has 0 aliphatic rings. The Labute approximate surface area is 102 Å². The van der Waals surface area contributed by atoms with Crippen LogP contribution in [0.2, 0.25) is 0 Å². The van der Waals surface area contributed by atoms with Gasteiger partial charge in [0, 0.05) is 0 Å². The highest BCUT2D eigenvalue weighted by Gasteiger charge is 2.05. The first-order valence-electron chi connectivity index (χ1n) is 5.10. The van der Waals surface area contributed by atoms with Crippen molar-refractivity contribution in [3.63, 3.8) is 0 Å². The van der Waals surface area contributed by atoms with Crippen molar-refractivity contribution in [2.45, 2.75) is 0 Å². The predicted molar refractivity (Wildman–Crippen MR) is 62.7 cm³/mol. The van der Waals surface area contributed by atoms with Crippen LogP contribution in [0.4, 0.5) is 0 Å². The quantitative estimate of drug-likeness (QED) is 0.826. The lowest BCUT2D eigenvalue weighted by atomic mass is 10.2. The summed E-state index contributed by atoms with van der Waals surface area (Å²) in [5, 5.41) is 0. The number of aromatic amines is 1. The molecule has 1 N–H and O–H groups in total. The number of esters is 1. The number of nitrogens with one attached hydrogen (secondary N) is 1. The third-order valence-corrected chi connectivity index (χ3v) is 2.15. The van der Waals surface area contributed by atoms with Crippen LogP contribution in [-0.4, -0.2) is 23.0 Å². The number of H-pyrrole nitrogens is 1. The van der Waals surface area contributed by atoms with Crippen molar-refractivity contribution in [3.8, 4) is 11.6 Å². The summed E-state index contributed by atoms with van der Waals surface area (Å²) in [5.41, 5.74) is 0.120. The minimum Gasteiger partial charge on any atom is -0.465 e. The van der Waals surface area contributed by atoms with E-state index >= 15 is 0 Å². The molecule has 0 fully saturated rings. The van der Waals surface area contributed by atoms with E-state index in [4.69, 9.17) is 4.74 Å². The third-order valence-electron chi connectivity index (χ3n) is 2.15. The second-order valence-corrected chi connectivity index (χ2v) is 3.37. The van der Waals surface area contributed by atoms with E-state index in [-0.39, 0.29) is 11.4 Å². The summed E-state index contributed by atoms with van der Waals surface area (Å²) < 4.78 is 9.92. The fourth-order valence-corrected chi connectivity index (χ4v) is 1.30. The SMILES string of the molecule is COC(=O)c1ccc(Oc2cc(=O)[nH]cn2)cc1. The van der Waals surface area contributed by atoms with Crippen LogP contribution in [0.5, 0.6) is 11.6 Å². The van der Waals surface area contributed by atoms with Crippen molar-refractivity contribution in [2.24, 2.45) is 0 Å². The summed E-state index contributed by atoms with van der Waals surface area (Å²) >= 11 is 0. The molecule has 1 heterocycles.